The third kappa shape index (κ3) is 3.38. The van der Waals surface area contributed by atoms with Crippen molar-refractivity contribution in [2.75, 3.05) is 11.3 Å². The van der Waals surface area contributed by atoms with Crippen LogP contribution in [-0.2, 0) is 23.6 Å². The molecule has 0 bridgehead atoms. The highest BCUT2D eigenvalue weighted by atomic mass is 32.2. The number of sulfonamides is 1. The van der Waals surface area contributed by atoms with Crippen molar-refractivity contribution in [1.29, 1.82) is 0 Å². The van der Waals surface area contributed by atoms with Gasteiger partial charge in [-0.15, -0.1) is 11.3 Å². The summed E-state index contributed by atoms with van der Waals surface area (Å²) in [5.74, 6) is 0.325. The van der Waals surface area contributed by atoms with Gasteiger partial charge < -0.3 is 5.32 Å². The first-order valence-electron chi connectivity index (χ1n) is 6.25. The maximum atomic E-state index is 12.3. The summed E-state index contributed by atoms with van der Waals surface area (Å²) in [5, 5.41) is 7.21. The van der Waals surface area contributed by atoms with E-state index in [1.807, 2.05) is 13.8 Å². The van der Waals surface area contributed by atoms with E-state index < -0.39 is 10.0 Å². The van der Waals surface area contributed by atoms with E-state index in [1.165, 1.54) is 11.3 Å². The lowest BCUT2D eigenvalue weighted by atomic mass is 10.4. The van der Waals surface area contributed by atoms with E-state index in [2.05, 4.69) is 15.1 Å². The topological polar surface area (TPSA) is 76.0 Å². The average molecular weight is 314 g/mol. The molecule has 20 heavy (non-hydrogen) atoms. The van der Waals surface area contributed by atoms with E-state index in [0.717, 1.165) is 16.3 Å². The SMILES string of the molecule is CCNCc1cc(S(=O)(=O)Nc2ccn(C)n2)c(C)s1. The highest BCUT2D eigenvalue weighted by molar-refractivity contribution is 7.93. The second-order valence-electron chi connectivity index (χ2n) is 4.39. The smallest absolute Gasteiger partial charge is 0.264 e. The maximum Gasteiger partial charge on any atom is 0.264 e. The highest BCUT2D eigenvalue weighted by Crippen LogP contribution is 2.27. The zero-order valence-electron chi connectivity index (χ0n) is 11.7. The largest absolute Gasteiger partial charge is 0.312 e. The van der Waals surface area contributed by atoms with Crippen molar-refractivity contribution >= 4 is 27.2 Å². The van der Waals surface area contributed by atoms with Crippen LogP contribution in [0.4, 0.5) is 5.82 Å². The number of anilines is 1. The molecule has 0 unspecified atom stereocenters. The van der Waals surface area contributed by atoms with Gasteiger partial charge in [-0.2, -0.15) is 5.10 Å². The standard InChI is InChI=1S/C12H18N4O2S2/c1-4-13-8-10-7-11(9(2)19-10)20(17,18)15-12-5-6-16(3)14-12/h5-7,13H,4,8H2,1-3H3,(H,14,15). The van der Waals surface area contributed by atoms with E-state index in [-0.39, 0.29) is 0 Å². The molecule has 0 aromatic carbocycles. The van der Waals surface area contributed by atoms with Gasteiger partial charge in [-0.3, -0.25) is 9.40 Å². The number of aryl methyl sites for hydroxylation is 2. The van der Waals surface area contributed by atoms with Crippen molar-refractivity contribution in [3.8, 4) is 0 Å². The normalized spacial score (nSPS) is 11.8. The van der Waals surface area contributed by atoms with Gasteiger partial charge in [0.1, 0.15) is 4.90 Å². The molecule has 2 heterocycles. The van der Waals surface area contributed by atoms with Crippen LogP contribution in [-0.4, -0.2) is 24.7 Å². The van der Waals surface area contributed by atoms with Gasteiger partial charge in [0.2, 0.25) is 0 Å². The number of thiophene rings is 1. The Kier molecular flexibility index (Phi) is 4.46. The van der Waals surface area contributed by atoms with Crippen molar-refractivity contribution in [3.05, 3.63) is 28.1 Å². The van der Waals surface area contributed by atoms with Gasteiger partial charge in [-0.1, -0.05) is 6.92 Å². The lowest BCUT2D eigenvalue weighted by Gasteiger charge is -2.04. The van der Waals surface area contributed by atoms with Crippen molar-refractivity contribution in [3.63, 3.8) is 0 Å². The molecule has 2 N–H and O–H groups in total. The zero-order valence-corrected chi connectivity index (χ0v) is 13.3. The fraction of sp³-hybridized carbons (Fsp3) is 0.417. The molecule has 0 spiro atoms. The van der Waals surface area contributed by atoms with Gasteiger partial charge in [-0.05, 0) is 19.5 Å². The molecule has 2 aromatic heterocycles. The molecule has 0 radical (unpaired) electrons. The Bertz CT molecular complexity index is 688. The fourth-order valence-electron chi connectivity index (χ4n) is 1.79. The first-order valence-corrected chi connectivity index (χ1v) is 8.55. The summed E-state index contributed by atoms with van der Waals surface area (Å²) in [4.78, 5) is 2.10. The molecule has 2 aromatic rings. The Balaban J connectivity index is 2.22. The van der Waals surface area contributed by atoms with Crippen molar-refractivity contribution in [1.82, 2.24) is 15.1 Å². The van der Waals surface area contributed by atoms with E-state index >= 15 is 0 Å². The number of aromatic nitrogens is 2. The first kappa shape index (κ1) is 15.0. The Morgan fingerprint density at radius 2 is 2.20 bits per heavy atom. The monoisotopic (exact) mass is 314 g/mol. The number of nitrogens with zero attached hydrogens (tertiary/aromatic N) is 2. The molecule has 0 atom stereocenters. The zero-order chi connectivity index (χ0) is 14.8. The van der Waals surface area contributed by atoms with E-state index in [9.17, 15) is 8.42 Å². The maximum absolute atomic E-state index is 12.3. The van der Waals surface area contributed by atoms with Crippen LogP contribution in [0, 0.1) is 6.92 Å². The minimum absolute atomic E-state index is 0.320. The Labute approximate surface area is 122 Å². The Hall–Kier alpha value is -1.38. The molecular weight excluding hydrogens is 296 g/mol. The summed E-state index contributed by atoms with van der Waals surface area (Å²) in [6.45, 7) is 5.36. The second-order valence-corrected chi connectivity index (χ2v) is 7.39. The second kappa shape index (κ2) is 5.94. The fourth-order valence-corrected chi connectivity index (χ4v) is 4.39. The summed E-state index contributed by atoms with van der Waals surface area (Å²) in [6.07, 6.45) is 1.69. The molecule has 2 rings (SSSR count). The van der Waals surface area contributed by atoms with Gasteiger partial charge in [-0.25, -0.2) is 8.42 Å². The predicted molar refractivity (Wildman–Crippen MR) is 80.5 cm³/mol. The number of nitrogens with one attached hydrogen (secondary N) is 2. The molecule has 0 amide bonds. The van der Waals surface area contributed by atoms with Gasteiger partial charge in [0.05, 0.1) is 0 Å². The van der Waals surface area contributed by atoms with Crippen molar-refractivity contribution in [2.45, 2.75) is 25.3 Å². The molecule has 6 nitrogen and oxygen atoms in total. The highest BCUT2D eigenvalue weighted by Gasteiger charge is 2.20. The molecule has 0 aliphatic carbocycles. The summed E-state index contributed by atoms with van der Waals surface area (Å²) >= 11 is 1.49. The Morgan fingerprint density at radius 3 is 2.80 bits per heavy atom. The van der Waals surface area contributed by atoms with Gasteiger partial charge in [0, 0.05) is 35.6 Å². The third-order valence-electron chi connectivity index (χ3n) is 2.71. The molecular formula is C12H18N4O2S2. The van der Waals surface area contributed by atoms with E-state index in [0.29, 0.717) is 17.3 Å². The van der Waals surface area contributed by atoms with Gasteiger partial charge in [0.25, 0.3) is 10.0 Å². The molecule has 0 fully saturated rings. The number of hydrogen-bond donors (Lipinski definition) is 2. The number of rotatable bonds is 6. The van der Waals surface area contributed by atoms with Crippen LogP contribution >= 0.6 is 11.3 Å². The molecule has 0 aliphatic heterocycles. The average Bonchev–Trinajstić information content (AvgIpc) is 2.93. The minimum Gasteiger partial charge on any atom is -0.312 e. The summed E-state index contributed by atoms with van der Waals surface area (Å²) in [6, 6.07) is 3.34. The summed E-state index contributed by atoms with van der Waals surface area (Å²) in [7, 11) is -1.84. The summed E-state index contributed by atoms with van der Waals surface area (Å²) in [5.41, 5.74) is 0. The van der Waals surface area contributed by atoms with Crippen molar-refractivity contribution in [2.24, 2.45) is 7.05 Å². The minimum atomic E-state index is -3.58. The van der Waals surface area contributed by atoms with Gasteiger partial charge in [0.15, 0.2) is 5.82 Å². The summed E-state index contributed by atoms with van der Waals surface area (Å²) < 4.78 is 28.7. The van der Waals surface area contributed by atoms with Crippen LogP contribution in [0.3, 0.4) is 0 Å². The number of hydrogen-bond acceptors (Lipinski definition) is 5. The molecule has 0 aliphatic rings. The molecule has 0 saturated heterocycles. The van der Waals surface area contributed by atoms with Gasteiger partial charge >= 0.3 is 0 Å². The third-order valence-corrected chi connectivity index (χ3v) is 5.38. The van der Waals surface area contributed by atoms with Crippen LogP contribution in [0.2, 0.25) is 0 Å². The van der Waals surface area contributed by atoms with E-state index in [4.69, 9.17) is 0 Å². The predicted octanol–water partition coefficient (Wildman–Crippen LogP) is 1.70. The quantitative estimate of drug-likeness (QED) is 0.851. The molecule has 8 heteroatoms. The Morgan fingerprint density at radius 1 is 1.45 bits per heavy atom. The molecule has 110 valence electrons. The van der Waals surface area contributed by atoms with Crippen LogP contribution in [0.15, 0.2) is 23.2 Å². The van der Waals surface area contributed by atoms with Crippen molar-refractivity contribution < 1.29 is 8.42 Å². The van der Waals surface area contributed by atoms with Crippen LogP contribution in [0.1, 0.15) is 16.7 Å². The lowest BCUT2D eigenvalue weighted by Crippen LogP contribution is -2.14. The van der Waals surface area contributed by atoms with Crippen LogP contribution in [0.25, 0.3) is 0 Å². The van der Waals surface area contributed by atoms with Crippen LogP contribution in [0.5, 0.6) is 0 Å². The van der Waals surface area contributed by atoms with Crippen LogP contribution < -0.4 is 10.0 Å². The van der Waals surface area contributed by atoms with E-state index in [1.54, 1.807) is 30.1 Å². The first-order chi connectivity index (χ1) is 9.42. The molecule has 0 saturated carbocycles. The lowest BCUT2D eigenvalue weighted by molar-refractivity contribution is 0.600.